The maximum absolute atomic E-state index is 13.0. The molecule has 2 atom stereocenters. The zero-order chi connectivity index (χ0) is 22.6. The van der Waals surface area contributed by atoms with Gasteiger partial charge in [-0.25, -0.2) is 9.97 Å². The van der Waals surface area contributed by atoms with Crippen LogP contribution in [0.3, 0.4) is 0 Å². The van der Waals surface area contributed by atoms with Crippen molar-refractivity contribution in [1.29, 1.82) is 0 Å². The third kappa shape index (κ3) is 6.12. The van der Waals surface area contributed by atoms with Gasteiger partial charge in [0.2, 0.25) is 11.8 Å². The standard InChI is InChI=1S/C23H35N5O2S2/c1-23(2,3)17-12-26-18(30-17)14-31-19-13-27-22(32-19)20(16-5-4-8-25-11-16)28-21(29)15-6-9-24-10-7-15/h12-13,15-16,20,24-25H,4-11,14H2,1-3H3,(H,28,29). The first kappa shape index (κ1) is 23.7. The second-order valence-electron chi connectivity index (χ2n) is 9.79. The highest BCUT2D eigenvalue weighted by molar-refractivity contribution is 8.00. The van der Waals surface area contributed by atoms with Crippen molar-refractivity contribution in [3.05, 3.63) is 29.1 Å². The monoisotopic (exact) mass is 477 g/mol. The Morgan fingerprint density at radius 1 is 1.22 bits per heavy atom. The van der Waals surface area contributed by atoms with Gasteiger partial charge in [0.15, 0.2) is 0 Å². The van der Waals surface area contributed by atoms with Crippen LogP contribution >= 0.6 is 23.1 Å². The number of hydrogen-bond donors (Lipinski definition) is 3. The van der Waals surface area contributed by atoms with E-state index in [2.05, 4.69) is 41.7 Å². The van der Waals surface area contributed by atoms with Crippen LogP contribution in [0.2, 0.25) is 0 Å². The normalized spacial score (nSPS) is 21.4. The first-order valence-electron chi connectivity index (χ1n) is 11.7. The summed E-state index contributed by atoms with van der Waals surface area (Å²) in [5.41, 5.74) is -0.0402. The van der Waals surface area contributed by atoms with E-state index < -0.39 is 0 Å². The van der Waals surface area contributed by atoms with Crippen molar-refractivity contribution in [3.8, 4) is 0 Å². The Morgan fingerprint density at radius 3 is 2.72 bits per heavy atom. The molecule has 1 amide bonds. The molecule has 2 aromatic heterocycles. The summed E-state index contributed by atoms with van der Waals surface area (Å²) in [7, 11) is 0. The lowest BCUT2D eigenvalue weighted by atomic mass is 9.90. The molecule has 2 unspecified atom stereocenters. The van der Waals surface area contributed by atoms with Gasteiger partial charge in [0.1, 0.15) is 10.8 Å². The van der Waals surface area contributed by atoms with Gasteiger partial charge in [-0.1, -0.05) is 20.8 Å². The van der Waals surface area contributed by atoms with Crippen molar-refractivity contribution in [2.24, 2.45) is 11.8 Å². The number of piperidine rings is 2. The number of amides is 1. The van der Waals surface area contributed by atoms with Gasteiger partial charge in [-0.2, -0.15) is 0 Å². The third-order valence-corrected chi connectivity index (χ3v) is 8.47. The average molecular weight is 478 g/mol. The Balaban J connectivity index is 1.42. The Hall–Kier alpha value is -1.42. The van der Waals surface area contributed by atoms with E-state index in [0.29, 0.717) is 11.7 Å². The van der Waals surface area contributed by atoms with Gasteiger partial charge in [-0.05, 0) is 51.2 Å². The summed E-state index contributed by atoms with van der Waals surface area (Å²) in [6, 6.07) is -0.0289. The summed E-state index contributed by atoms with van der Waals surface area (Å²) in [6.07, 6.45) is 7.82. The van der Waals surface area contributed by atoms with Gasteiger partial charge < -0.3 is 20.4 Å². The largest absolute Gasteiger partial charge is 0.444 e. The fourth-order valence-electron chi connectivity index (χ4n) is 4.24. The third-order valence-electron chi connectivity index (χ3n) is 6.21. The Bertz CT molecular complexity index is 879. The van der Waals surface area contributed by atoms with Gasteiger partial charge in [0.05, 0.1) is 28.4 Å². The molecule has 2 aromatic rings. The highest BCUT2D eigenvalue weighted by Crippen LogP contribution is 2.36. The number of hydrogen-bond acceptors (Lipinski definition) is 8. The Morgan fingerprint density at radius 2 is 2.03 bits per heavy atom. The van der Waals surface area contributed by atoms with E-state index in [1.54, 1.807) is 23.1 Å². The van der Waals surface area contributed by atoms with Crippen LogP contribution in [0.15, 0.2) is 21.0 Å². The van der Waals surface area contributed by atoms with Crippen LogP contribution < -0.4 is 16.0 Å². The second-order valence-corrected chi connectivity index (χ2v) is 12.1. The van der Waals surface area contributed by atoms with Crippen molar-refractivity contribution in [3.63, 3.8) is 0 Å². The van der Waals surface area contributed by atoms with Crippen molar-refractivity contribution >= 4 is 29.0 Å². The molecule has 4 heterocycles. The molecule has 0 aromatic carbocycles. The lowest BCUT2D eigenvalue weighted by Crippen LogP contribution is -2.44. The maximum Gasteiger partial charge on any atom is 0.223 e. The number of rotatable bonds is 7. The molecule has 7 nitrogen and oxygen atoms in total. The number of nitrogens with one attached hydrogen (secondary N) is 3. The van der Waals surface area contributed by atoms with Crippen LogP contribution in [0.25, 0.3) is 0 Å². The lowest BCUT2D eigenvalue weighted by Gasteiger charge is -2.32. The predicted octanol–water partition coefficient (Wildman–Crippen LogP) is 3.88. The van der Waals surface area contributed by atoms with Gasteiger partial charge in [-0.15, -0.1) is 23.1 Å². The van der Waals surface area contributed by atoms with E-state index in [1.807, 2.05) is 12.4 Å². The molecule has 2 saturated heterocycles. The van der Waals surface area contributed by atoms with Crippen LogP contribution in [-0.2, 0) is 16.0 Å². The highest BCUT2D eigenvalue weighted by atomic mass is 32.2. The molecule has 9 heteroatoms. The molecule has 3 N–H and O–H groups in total. The van der Waals surface area contributed by atoms with E-state index in [9.17, 15) is 4.79 Å². The Kier molecular flexibility index (Phi) is 7.91. The van der Waals surface area contributed by atoms with Gasteiger partial charge >= 0.3 is 0 Å². The van der Waals surface area contributed by atoms with E-state index in [4.69, 9.17) is 9.40 Å². The molecule has 0 spiro atoms. The van der Waals surface area contributed by atoms with Crippen molar-refractivity contribution in [1.82, 2.24) is 25.9 Å². The van der Waals surface area contributed by atoms with Crippen molar-refractivity contribution in [2.45, 2.75) is 67.9 Å². The SMILES string of the molecule is CC(C)(C)c1cnc(CSc2cnc(C(NC(=O)C3CCNCC3)C3CCCNC3)s2)o1. The fraction of sp³-hybridized carbons (Fsp3) is 0.696. The number of oxazole rings is 1. The predicted molar refractivity (Wildman–Crippen MR) is 129 cm³/mol. The maximum atomic E-state index is 13.0. The second kappa shape index (κ2) is 10.7. The molecule has 2 fully saturated rings. The van der Waals surface area contributed by atoms with Crippen molar-refractivity contribution < 1.29 is 9.21 Å². The molecule has 0 bridgehead atoms. The molecule has 0 aliphatic carbocycles. The summed E-state index contributed by atoms with van der Waals surface area (Å²) in [5, 5.41) is 11.2. The highest BCUT2D eigenvalue weighted by Gasteiger charge is 2.31. The number of aromatic nitrogens is 2. The number of thioether (sulfide) groups is 1. The van der Waals surface area contributed by atoms with E-state index in [1.165, 1.54) is 0 Å². The number of carbonyl (C=O) groups is 1. The lowest BCUT2D eigenvalue weighted by molar-refractivity contribution is -0.127. The smallest absolute Gasteiger partial charge is 0.223 e. The minimum atomic E-state index is -0.0402. The van der Waals surface area contributed by atoms with Gasteiger partial charge in [0, 0.05) is 17.9 Å². The molecule has 0 radical (unpaired) electrons. The van der Waals surface area contributed by atoms with E-state index >= 15 is 0 Å². The summed E-state index contributed by atoms with van der Waals surface area (Å²) < 4.78 is 7.05. The number of nitrogens with zero attached hydrogens (tertiary/aromatic N) is 2. The zero-order valence-electron chi connectivity index (χ0n) is 19.3. The molecule has 176 valence electrons. The summed E-state index contributed by atoms with van der Waals surface area (Å²) in [5.74, 6) is 2.98. The minimum absolute atomic E-state index is 0.0289. The minimum Gasteiger partial charge on any atom is -0.444 e. The summed E-state index contributed by atoms with van der Waals surface area (Å²) in [6.45, 7) is 10.2. The molecular formula is C23H35N5O2S2. The Labute approximate surface area is 198 Å². The van der Waals surface area contributed by atoms with E-state index in [0.717, 1.165) is 72.7 Å². The number of carbonyl (C=O) groups excluding carboxylic acids is 1. The molecule has 32 heavy (non-hydrogen) atoms. The van der Waals surface area contributed by atoms with Crippen LogP contribution in [0, 0.1) is 11.8 Å². The summed E-state index contributed by atoms with van der Waals surface area (Å²) in [4.78, 5) is 22.2. The molecule has 0 saturated carbocycles. The average Bonchev–Trinajstić information content (AvgIpc) is 3.47. The first-order valence-corrected chi connectivity index (χ1v) is 13.5. The molecule has 2 aliphatic rings. The number of thiazole rings is 1. The zero-order valence-corrected chi connectivity index (χ0v) is 20.9. The van der Waals surface area contributed by atoms with Crippen LogP contribution in [-0.4, -0.2) is 42.1 Å². The van der Waals surface area contributed by atoms with Gasteiger partial charge in [-0.3, -0.25) is 4.79 Å². The first-order chi connectivity index (χ1) is 15.4. The molecule has 4 rings (SSSR count). The van der Waals surface area contributed by atoms with Crippen LogP contribution in [0.4, 0.5) is 0 Å². The summed E-state index contributed by atoms with van der Waals surface area (Å²) >= 11 is 3.37. The molecule has 2 aliphatic heterocycles. The quantitative estimate of drug-likeness (QED) is 0.521. The fourth-order valence-corrected chi connectivity index (χ4v) is 6.23. The van der Waals surface area contributed by atoms with Crippen molar-refractivity contribution in [2.75, 3.05) is 26.2 Å². The van der Waals surface area contributed by atoms with Crippen LogP contribution in [0.1, 0.15) is 69.2 Å². The van der Waals surface area contributed by atoms with E-state index in [-0.39, 0.29) is 23.3 Å². The molecular weight excluding hydrogens is 442 g/mol. The topological polar surface area (TPSA) is 92.1 Å². The van der Waals surface area contributed by atoms with Crippen LogP contribution in [0.5, 0.6) is 0 Å². The van der Waals surface area contributed by atoms with Gasteiger partial charge in [0.25, 0.3) is 0 Å².